The minimum atomic E-state index is -2.75. The Balaban J connectivity index is 1.46. The number of fused-ring (bicyclic) bond motifs is 9. The minimum Gasteiger partial charge on any atom is -0.354 e. The number of carbonyl (C=O) groups excluding carboxylic acids is 1. The summed E-state index contributed by atoms with van der Waals surface area (Å²) in [5, 5.41) is -0.900. The molecule has 0 aliphatic carbocycles. The van der Waals surface area contributed by atoms with Crippen LogP contribution < -0.4 is 0 Å². The number of aromatic amines is 2. The van der Waals surface area contributed by atoms with Crippen LogP contribution in [0.2, 0.25) is 0 Å². The first-order chi connectivity index (χ1) is 35.0. The van der Waals surface area contributed by atoms with Crippen LogP contribution in [0.5, 0.6) is 0 Å². The van der Waals surface area contributed by atoms with Gasteiger partial charge in [0.2, 0.25) is 23.3 Å². The molecule has 6 heterocycles. The number of carbonyl (C=O) groups is 1. The molecule has 8 aromatic rings. The van der Waals surface area contributed by atoms with Crippen molar-refractivity contribution < 1.29 is 92.6 Å². The SMILES string of the molecule is O=C(C1=CC=NC1c1c2ccn1c1ccc([nH]1)c(-c1c(F)c(F)c(F)c(F)c1F)c1nc(c(-c3c(F)c(F)c(F)c(F)c3F)c3ccc([nH]3)c2-c2c(F)c(F)c(F)c(F)c2F)C=C1)c1c(F)c(F)c(F)c(F)c1F. The van der Waals surface area contributed by atoms with E-state index in [0.717, 1.165) is 28.8 Å². The largest absolute Gasteiger partial charge is 0.354 e. The molecule has 0 amide bonds. The van der Waals surface area contributed by atoms with Crippen molar-refractivity contribution in [3.05, 3.63) is 187 Å². The Hall–Kier alpha value is -8.71. The summed E-state index contributed by atoms with van der Waals surface area (Å²) in [5.74, 6) is -54.8. The molecule has 8 bridgehead atoms. The predicted molar refractivity (Wildman–Crippen MR) is 220 cm³/mol. The van der Waals surface area contributed by atoms with Crippen LogP contribution in [0, 0.1) is 116 Å². The molecule has 6 nitrogen and oxygen atoms in total. The number of nitrogens with one attached hydrogen (secondary N) is 2. The summed E-state index contributed by atoms with van der Waals surface area (Å²) in [5.41, 5.74) is -18.4. The van der Waals surface area contributed by atoms with Crippen LogP contribution in [0.3, 0.4) is 0 Å². The summed E-state index contributed by atoms with van der Waals surface area (Å²) in [6.45, 7) is 0. The lowest BCUT2D eigenvalue weighted by molar-refractivity contribution is 0.101. The van der Waals surface area contributed by atoms with Crippen LogP contribution in [-0.4, -0.2) is 31.4 Å². The second kappa shape index (κ2) is 17.2. The van der Waals surface area contributed by atoms with Gasteiger partial charge < -0.3 is 14.4 Å². The van der Waals surface area contributed by atoms with E-state index >= 15 is 61.5 Å². The number of hydrogen-bond acceptors (Lipinski definition) is 3. The fraction of sp³-hybridized carbons (Fsp3) is 0.0208. The molecule has 1 atom stereocenters. The van der Waals surface area contributed by atoms with Gasteiger partial charge in [-0.15, -0.1) is 0 Å². The second-order valence-electron chi connectivity index (χ2n) is 15.8. The van der Waals surface area contributed by atoms with Crippen molar-refractivity contribution in [1.82, 2.24) is 19.4 Å². The number of halogens is 20. The van der Waals surface area contributed by atoms with Gasteiger partial charge in [-0.25, -0.2) is 92.8 Å². The van der Waals surface area contributed by atoms with E-state index in [-0.39, 0.29) is 0 Å². The van der Waals surface area contributed by atoms with Gasteiger partial charge in [-0.2, -0.15) is 0 Å². The molecule has 0 spiro atoms. The normalized spacial score (nSPS) is 13.8. The van der Waals surface area contributed by atoms with Gasteiger partial charge >= 0.3 is 0 Å². The Bertz CT molecular complexity index is 4010. The Morgan fingerprint density at radius 1 is 0.419 bits per heavy atom. The van der Waals surface area contributed by atoms with E-state index in [0.29, 0.717) is 36.6 Å². The van der Waals surface area contributed by atoms with Gasteiger partial charge in [0.25, 0.3) is 0 Å². The summed E-state index contributed by atoms with van der Waals surface area (Å²) >= 11 is 0. The standard InChI is InChI=1S/C48H13F20N5O/c49-26-22(27(50)35(58)42(65)34(26)57)19-11-8-10-73(47(11)46-12(7-9-69-46)48(74)25-32(55)40(63)45(68)41(64)33(25)56)18-6-5-17(72-18)21(24-30(53)38(61)44(67)39(62)31(24)54)16-4-3-15(71-16)20(14-2-1-13(19)70-14)23-28(51)36(59)43(66)37(60)29(23)52/h1-10,46,70,72H. The highest BCUT2D eigenvalue weighted by Crippen LogP contribution is 2.45. The highest BCUT2D eigenvalue weighted by Gasteiger charge is 2.38. The molecule has 0 saturated heterocycles. The molecule has 10 rings (SSSR count). The zero-order valence-electron chi connectivity index (χ0n) is 35.2. The average Bonchev–Trinajstić information content (AvgIpc) is 4.26. The number of ketones is 1. The summed E-state index contributed by atoms with van der Waals surface area (Å²) in [4.78, 5) is 26.9. The van der Waals surface area contributed by atoms with Crippen LogP contribution in [0.4, 0.5) is 87.8 Å². The summed E-state index contributed by atoms with van der Waals surface area (Å²) in [6.07, 6.45) is 3.48. The average molecular weight is 1060 g/mol. The van der Waals surface area contributed by atoms with Crippen molar-refractivity contribution in [1.29, 1.82) is 0 Å². The van der Waals surface area contributed by atoms with Crippen LogP contribution >= 0.6 is 0 Å². The highest BCUT2D eigenvalue weighted by molar-refractivity contribution is 6.13. The van der Waals surface area contributed by atoms with Crippen LogP contribution in [0.15, 0.2) is 53.2 Å². The molecule has 376 valence electrons. The Kier molecular flexibility index (Phi) is 11.4. The van der Waals surface area contributed by atoms with Crippen LogP contribution in [-0.2, 0) is 0 Å². The monoisotopic (exact) mass is 1060 g/mol. The molecule has 4 aromatic heterocycles. The number of allylic oxidation sites excluding steroid dienone is 1. The Morgan fingerprint density at radius 2 is 0.784 bits per heavy atom. The first kappa shape index (κ1) is 48.9. The highest BCUT2D eigenvalue weighted by atomic mass is 19.2. The van der Waals surface area contributed by atoms with E-state index < -0.39 is 217 Å². The summed E-state index contributed by atoms with van der Waals surface area (Å²) in [7, 11) is 0. The third kappa shape index (κ3) is 6.85. The topological polar surface area (TPSA) is 78.3 Å². The van der Waals surface area contributed by atoms with Gasteiger partial charge in [-0.3, -0.25) is 9.79 Å². The van der Waals surface area contributed by atoms with Crippen molar-refractivity contribution in [2.24, 2.45) is 4.99 Å². The predicted octanol–water partition coefficient (Wildman–Crippen LogP) is 14.2. The Labute approximate surface area is 394 Å². The molecule has 2 aliphatic rings. The third-order valence-corrected chi connectivity index (χ3v) is 11.9. The first-order valence-corrected chi connectivity index (χ1v) is 20.2. The van der Waals surface area contributed by atoms with E-state index in [4.69, 9.17) is 0 Å². The minimum absolute atomic E-state index is 0.563. The molecule has 26 heteroatoms. The maximum atomic E-state index is 16.3. The van der Waals surface area contributed by atoms with Gasteiger partial charge in [-0.1, -0.05) is 0 Å². The fourth-order valence-corrected chi connectivity index (χ4v) is 8.58. The number of hydrogen-bond donors (Lipinski definition) is 2. The van der Waals surface area contributed by atoms with Crippen LogP contribution in [0.25, 0.3) is 73.1 Å². The lowest BCUT2D eigenvalue weighted by Crippen LogP contribution is -2.17. The number of H-pyrrole nitrogens is 2. The van der Waals surface area contributed by atoms with Gasteiger partial charge in [-0.05, 0) is 48.6 Å². The van der Waals surface area contributed by atoms with Crippen molar-refractivity contribution in [2.45, 2.75) is 6.04 Å². The first-order valence-electron chi connectivity index (χ1n) is 20.2. The van der Waals surface area contributed by atoms with Gasteiger partial charge in [0.15, 0.2) is 98.9 Å². The van der Waals surface area contributed by atoms with Gasteiger partial charge in [0, 0.05) is 51.1 Å². The number of rotatable bonds is 6. The molecule has 0 radical (unpaired) electrons. The fourth-order valence-electron chi connectivity index (χ4n) is 8.58. The summed E-state index contributed by atoms with van der Waals surface area (Å²) in [6, 6.07) is 1.46. The molecule has 1 unspecified atom stereocenters. The lowest BCUT2D eigenvalue weighted by atomic mass is 9.92. The van der Waals surface area contributed by atoms with Crippen molar-refractivity contribution in [3.63, 3.8) is 0 Å². The molecule has 2 N–H and O–H groups in total. The maximum absolute atomic E-state index is 16.3. The second-order valence-corrected chi connectivity index (χ2v) is 15.8. The number of Topliss-reactive ketones (excluding diaryl/α,β-unsaturated/α-hetero) is 1. The quantitative estimate of drug-likeness (QED) is 0.0753. The van der Waals surface area contributed by atoms with E-state index in [9.17, 15) is 31.1 Å². The molecule has 74 heavy (non-hydrogen) atoms. The molecule has 0 saturated carbocycles. The molecule has 4 aromatic carbocycles. The number of aliphatic imine (C=N–C) groups is 1. The van der Waals surface area contributed by atoms with E-state index in [1.165, 1.54) is 0 Å². The number of benzene rings is 4. The molecule has 0 fully saturated rings. The lowest BCUT2D eigenvalue weighted by Gasteiger charge is -2.17. The molecular formula is C48H13F20N5O. The zero-order chi connectivity index (χ0) is 53.4. The van der Waals surface area contributed by atoms with Crippen LogP contribution in [0.1, 0.15) is 33.5 Å². The molecular weight excluding hydrogens is 1040 g/mol. The van der Waals surface area contributed by atoms with Gasteiger partial charge in [0.1, 0.15) is 17.3 Å². The van der Waals surface area contributed by atoms with Gasteiger partial charge in [0.05, 0.1) is 39.3 Å². The van der Waals surface area contributed by atoms with Crippen molar-refractivity contribution in [3.8, 4) is 33.4 Å². The number of nitrogens with zero attached hydrogens (tertiary/aromatic N) is 3. The zero-order valence-corrected chi connectivity index (χ0v) is 35.2. The third-order valence-electron chi connectivity index (χ3n) is 11.9. The Morgan fingerprint density at radius 3 is 1.23 bits per heavy atom. The van der Waals surface area contributed by atoms with Crippen molar-refractivity contribution >= 4 is 51.7 Å². The molecule has 2 aliphatic heterocycles. The smallest absolute Gasteiger partial charge is 0.200 e. The van der Waals surface area contributed by atoms with E-state index in [1.807, 2.05) is 0 Å². The van der Waals surface area contributed by atoms with Crippen molar-refractivity contribution in [2.75, 3.05) is 0 Å². The maximum Gasteiger partial charge on any atom is 0.200 e. The van der Waals surface area contributed by atoms with E-state index in [1.54, 1.807) is 0 Å². The summed E-state index contributed by atoms with van der Waals surface area (Å²) < 4.78 is 305. The number of aromatic nitrogens is 4. The van der Waals surface area contributed by atoms with E-state index in [2.05, 4.69) is 19.9 Å².